The van der Waals surface area contributed by atoms with E-state index in [0.29, 0.717) is 11.5 Å². The van der Waals surface area contributed by atoms with Gasteiger partial charge in [-0.15, -0.1) is 0 Å². The van der Waals surface area contributed by atoms with Gasteiger partial charge in [0.2, 0.25) is 0 Å². The number of hydrogen-bond donors (Lipinski definition) is 2. The fourth-order valence-corrected chi connectivity index (χ4v) is 3.32. The van der Waals surface area contributed by atoms with Crippen LogP contribution in [0.5, 0.6) is 0 Å². The smallest absolute Gasteiger partial charge is 0.274 e. The number of para-hydroxylation sites is 1. The molecule has 2 N–H and O–H groups in total. The molecule has 1 fully saturated rings. The largest absolute Gasteiger partial charge is 0.372 e. The van der Waals surface area contributed by atoms with Crippen LogP contribution in [0.4, 0.5) is 22.9 Å². The second-order valence-electron chi connectivity index (χ2n) is 6.83. The number of anilines is 4. The Hall–Kier alpha value is -3.41. The molecule has 2 aromatic carbocycles. The molecule has 2 heterocycles. The molecule has 6 nitrogen and oxygen atoms in total. The summed E-state index contributed by atoms with van der Waals surface area (Å²) in [6, 6.07) is 19.3. The van der Waals surface area contributed by atoms with Crippen LogP contribution in [-0.4, -0.2) is 29.0 Å². The first-order valence-corrected chi connectivity index (χ1v) is 9.58. The maximum Gasteiger partial charge on any atom is 0.274 e. The van der Waals surface area contributed by atoms with Gasteiger partial charge in [0.15, 0.2) is 0 Å². The standard InChI is InChI=1S/C22H23N5O/c28-22(26-17-7-3-1-4-8-17)20-15-21(24-16-23-20)25-18-9-11-19(12-10-18)27-13-5-2-6-14-27/h1,3-4,7-12,15-16H,2,5-6,13-14H2,(H,26,28)(H,23,24,25). The Morgan fingerprint density at radius 1 is 0.857 bits per heavy atom. The van der Waals surface area contributed by atoms with E-state index in [1.807, 2.05) is 42.5 Å². The highest BCUT2D eigenvalue weighted by Gasteiger charge is 2.11. The molecule has 142 valence electrons. The molecule has 1 saturated heterocycles. The Labute approximate surface area is 164 Å². The van der Waals surface area contributed by atoms with Crippen molar-refractivity contribution in [1.82, 2.24) is 9.97 Å². The van der Waals surface area contributed by atoms with Crippen molar-refractivity contribution in [2.75, 3.05) is 28.6 Å². The second-order valence-corrected chi connectivity index (χ2v) is 6.83. The van der Waals surface area contributed by atoms with Crippen LogP contribution >= 0.6 is 0 Å². The van der Waals surface area contributed by atoms with E-state index in [9.17, 15) is 4.79 Å². The third-order valence-electron chi connectivity index (χ3n) is 4.79. The van der Waals surface area contributed by atoms with Gasteiger partial charge in [-0.25, -0.2) is 9.97 Å². The number of piperidine rings is 1. The predicted molar refractivity (Wildman–Crippen MR) is 112 cm³/mol. The lowest BCUT2D eigenvalue weighted by molar-refractivity contribution is 0.102. The summed E-state index contributed by atoms with van der Waals surface area (Å²) in [5.74, 6) is 0.316. The van der Waals surface area contributed by atoms with Crippen molar-refractivity contribution >= 4 is 28.8 Å². The van der Waals surface area contributed by atoms with Crippen molar-refractivity contribution in [3.05, 3.63) is 72.7 Å². The molecule has 1 aliphatic rings. The molecule has 0 spiro atoms. The molecule has 3 aromatic rings. The van der Waals surface area contributed by atoms with Gasteiger partial charge < -0.3 is 15.5 Å². The molecule has 0 unspecified atom stereocenters. The Kier molecular flexibility index (Phi) is 5.47. The summed E-state index contributed by atoms with van der Waals surface area (Å²) in [4.78, 5) is 23.1. The van der Waals surface area contributed by atoms with Crippen molar-refractivity contribution in [2.45, 2.75) is 19.3 Å². The first kappa shape index (κ1) is 18.0. The van der Waals surface area contributed by atoms with Crippen LogP contribution in [0.15, 0.2) is 67.0 Å². The molecule has 0 aliphatic carbocycles. The number of hydrogen-bond acceptors (Lipinski definition) is 5. The van der Waals surface area contributed by atoms with E-state index < -0.39 is 0 Å². The lowest BCUT2D eigenvalue weighted by atomic mass is 10.1. The topological polar surface area (TPSA) is 70.2 Å². The molecular weight excluding hydrogens is 350 g/mol. The number of carbonyl (C=O) groups excluding carboxylic acids is 1. The number of nitrogens with zero attached hydrogens (tertiary/aromatic N) is 3. The van der Waals surface area contributed by atoms with Gasteiger partial charge in [-0.1, -0.05) is 18.2 Å². The van der Waals surface area contributed by atoms with Crippen molar-refractivity contribution in [3.8, 4) is 0 Å². The van der Waals surface area contributed by atoms with Crippen LogP contribution in [0.1, 0.15) is 29.8 Å². The summed E-state index contributed by atoms with van der Waals surface area (Å²) in [5, 5.41) is 6.07. The quantitative estimate of drug-likeness (QED) is 0.691. The second kappa shape index (κ2) is 8.52. The van der Waals surface area contributed by atoms with Crippen molar-refractivity contribution in [2.24, 2.45) is 0 Å². The molecule has 4 rings (SSSR count). The molecule has 0 bridgehead atoms. The average molecular weight is 373 g/mol. The zero-order valence-electron chi connectivity index (χ0n) is 15.6. The minimum Gasteiger partial charge on any atom is -0.372 e. The van der Waals surface area contributed by atoms with Gasteiger partial charge in [-0.3, -0.25) is 4.79 Å². The molecule has 1 amide bonds. The summed E-state index contributed by atoms with van der Waals surface area (Å²) in [6.45, 7) is 2.25. The van der Waals surface area contributed by atoms with Gasteiger partial charge in [0.25, 0.3) is 5.91 Å². The maximum absolute atomic E-state index is 12.4. The Morgan fingerprint density at radius 2 is 1.61 bits per heavy atom. The minimum absolute atomic E-state index is 0.267. The number of aromatic nitrogens is 2. The van der Waals surface area contributed by atoms with E-state index in [0.717, 1.165) is 24.5 Å². The van der Waals surface area contributed by atoms with E-state index in [1.165, 1.54) is 31.3 Å². The van der Waals surface area contributed by atoms with Crippen LogP contribution in [0.3, 0.4) is 0 Å². The summed E-state index contributed by atoms with van der Waals surface area (Å²) >= 11 is 0. The lowest BCUT2D eigenvalue weighted by Crippen LogP contribution is -2.29. The fraction of sp³-hybridized carbons (Fsp3) is 0.227. The fourth-order valence-electron chi connectivity index (χ4n) is 3.32. The molecule has 6 heteroatoms. The Bertz CT molecular complexity index is 921. The van der Waals surface area contributed by atoms with Gasteiger partial charge in [0, 0.05) is 36.2 Å². The Morgan fingerprint density at radius 3 is 2.36 bits per heavy atom. The van der Waals surface area contributed by atoms with Gasteiger partial charge in [0.1, 0.15) is 17.8 Å². The number of benzene rings is 2. The molecule has 1 aliphatic heterocycles. The van der Waals surface area contributed by atoms with E-state index >= 15 is 0 Å². The minimum atomic E-state index is -0.267. The number of nitrogens with one attached hydrogen (secondary N) is 2. The first-order chi connectivity index (χ1) is 13.8. The van der Waals surface area contributed by atoms with E-state index in [4.69, 9.17) is 0 Å². The molecule has 1 aromatic heterocycles. The summed E-state index contributed by atoms with van der Waals surface area (Å²) in [5.41, 5.74) is 3.21. The third-order valence-corrected chi connectivity index (χ3v) is 4.79. The maximum atomic E-state index is 12.4. The molecule has 0 atom stereocenters. The van der Waals surface area contributed by atoms with Crippen LogP contribution in [0.2, 0.25) is 0 Å². The van der Waals surface area contributed by atoms with Crippen molar-refractivity contribution in [3.63, 3.8) is 0 Å². The molecule has 0 radical (unpaired) electrons. The predicted octanol–water partition coefficient (Wildman–Crippen LogP) is 4.46. The van der Waals surface area contributed by atoms with E-state index in [2.05, 4.69) is 37.6 Å². The van der Waals surface area contributed by atoms with Crippen LogP contribution in [0, 0.1) is 0 Å². The van der Waals surface area contributed by atoms with Crippen LogP contribution in [0.25, 0.3) is 0 Å². The molecule has 28 heavy (non-hydrogen) atoms. The summed E-state index contributed by atoms with van der Waals surface area (Å²) < 4.78 is 0. The van der Waals surface area contributed by atoms with Crippen molar-refractivity contribution < 1.29 is 4.79 Å². The summed E-state index contributed by atoms with van der Waals surface area (Å²) in [7, 11) is 0. The van der Waals surface area contributed by atoms with Crippen LogP contribution < -0.4 is 15.5 Å². The van der Waals surface area contributed by atoms with E-state index in [1.54, 1.807) is 6.07 Å². The monoisotopic (exact) mass is 373 g/mol. The Balaban J connectivity index is 1.42. The van der Waals surface area contributed by atoms with Gasteiger partial charge in [-0.05, 0) is 55.7 Å². The highest BCUT2D eigenvalue weighted by molar-refractivity contribution is 6.03. The van der Waals surface area contributed by atoms with Gasteiger partial charge >= 0.3 is 0 Å². The van der Waals surface area contributed by atoms with Gasteiger partial charge in [0.05, 0.1) is 0 Å². The van der Waals surface area contributed by atoms with Crippen LogP contribution in [-0.2, 0) is 0 Å². The zero-order chi connectivity index (χ0) is 19.2. The number of rotatable bonds is 5. The van der Waals surface area contributed by atoms with Crippen molar-refractivity contribution in [1.29, 1.82) is 0 Å². The lowest BCUT2D eigenvalue weighted by Gasteiger charge is -2.28. The zero-order valence-corrected chi connectivity index (χ0v) is 15.6. The van der Waals surface area contributed by atoms with Gasteiger partial charge in [-0.2, -0.15) is 0 Å². The summed E-state index contributed by atoms with van der Waals surface area (Å²) in [6.07, 6.45) is 5.23. The highest BCUT2D eigenvalue weighted by atomic mass is 16.1. The van der Waals surface area contributed by atoms with E-state index in [-0.39, 0.29) is 5.91 Å². The SMILES string of the molecule is O=C(Nc1ccccc1)c1cc(Nc2ccc(N3CCCCC3)cc2)ncn1. The highest BCUT2D eigenvalue weighted by Crippen LogP contribution is 2.23. The third kappa shape index (κ3) is 4.46. The molecular formula is C22H23N5O. The number of amides is 1. The average Bonchev–Trinajstić information content (AvgIpc) is 2.76. The number of carbonyl (C=O) groups is 1. The molecule has 0 saturated carbocycles. The normalized spacial score (nSPS) is 13.8. The first-order valence-electron chi connectivity index (χ1n) is 9.58.